The first-order valence-corrected chi connectivity index (χ1v) is 3.77. The van der Waals surface area contributed by atoms with Crippen LogP contribution in [0.15, 0.2) is 12.4 Å². The maximum atomic E-state index is 12.2. The Kier molecular flexibility index (Phi) is 2.71. The summed E-state index contributed by atoms with van der Waals surface area (Å²) < 4.78 is 73.2. The van der Waals surface area contributed by atoms with Crippen LogP contribution in [0, 0.1) is 6.92 Å². The smallest absolute Gasteiger partial charge is 0.315 e. The van der Waals surface area contributed by atoms with Crippen LogP contribution in [0.1, 0.15) is 11.9 Å². The van der Waals surface area contributed by atoms with E-state index in [-0.39, 0.29) is 10.4 Å². The lowest BCUT2D eigenvalue weighted by Gasteiger charge is -2.24. The van der Waals surface area contributed by atoms with Crippen molar-refractivity contribution in [3.8, 4) is 0 Å². The number of alkyl halides is 6. The van der Waals surface area contributed by atoms with Gasteiger partial charge in [-0.2, -0.15) is 26.3 Å². The Balaban J connectivity index is 3.20. The third-order valence-corrected chi connectivity index (χ3v) is 1.76. The van der Waals surface area contributed by atoms with Gasteiger partial charge in [0.2, 0.25) is 6.04 Å². The van der Waals surface area contributed by atoms with E-state index < -0.39 is 18.4 Å². The summed E-state index contributed by atoms with van der Waals surface area (Å²) in [4.78, 5) is 3.33. The Morgan fingerprint density at radius 2 is 1.60 bits per heavy atom. The molecule has 2 nitrogen and oxygen atoms in total. The van der Waals surface area contributed by atoms with E-state index in [1.807, 2.05) is 0 Å². The van der Waals surface area contributed by atoms with Crippen LogP contribution in [0.4, 0.5) is 26.3 Å². The van der Waals surface area contributed by atoms with Gasteiger partial charge in [0.15, 0.2) is 0 Å². The summed E-state index contributed by atoms with van der Waals surface area (Å²) in [5.74, 6) is -0.338. The molecule has 0 aliphatic carbocycles. The molecule has 0 spiro atoms. The van der Waals surface area contributed by atoms with E-state index in [2.05, 4.69) is 4.98 Å². The standard InChI is InChI=1S/C7H6F6N2/c1-4-14-2-3-15(4)5(6(8,9)10)7(11,12)13/h2-3,5H,1H3. The van der Waals surface area contributed by atoms with Gasteiger partial charge in [0.25, 0.3) is 0 Å². The van der Waals surface area contributed by atoms with E-state index in [1.54, 1.807) is 0 Å². The van der Waals surface area contributed by atoms with Gasteiger partial charge in [0.1, 0.15) is 5.82 Å². The molecule has 0 N–H and O–H groups in total. The summed E-state index contributed by atoms with van der Waals surface area (Å²) in [6, 6.07) is -3.53. The zero-order valence-corrected chi connectivity index (χ0v) is 7.39. The van der Waals surface area contributed by atoms with Crippen molar-refractivity contribution < 1.29 is 26.3 Å². The topological polar surface area (TPSA) is 17.8 Å². The average Bonchev–Trinajstić information content (AvgIpc) is 2.30. The first-order valence-electron chi connectivity index (χ1n) is 3.77. The number of aromatic nitrogens is 2. The van der Waals surface area contributed by atoms with Crippen molar-refractivity contribution in [1.82, 2.24) is 9.55 Å². The minimum Gasteiger partial charge on any atom is -0.315 e. The van der Waals surface area contributed by atoms with Gasteiger partial charge in [-0.3, -0.25) is 0 Å². The fourth-order valence-corrected chi connectivity index (χ4v) is 1.16. The SMILES string of the molecule is Cc1nccn1C(C(F)(F)F)C(F)(F)F. The second-order valence-corrected chi connectivity index (χ2v) is 2.87. The number of rotatable bonds is 1. The fraction of sp³-hybridized carbons (Fsp3) is 0.571. The molecular weight excluding hydrogens is 226 g/mol. The summed E-state index contributed by atoms with van der Waals surface area (Å²) in [6.45, 7) is 1.07. The van der Waals surface area contributed by atoms with Crippen LogP contribution >= 0.6 is 0 Å². The summed E-state index contributed by atoms with van der Waals surface area (Å²) in [7, 11) is 0. The summed E-state index contributed by atoms with van der Waals surface area (Å²) in [5.41, 5.74) is 0. The van der Waals surface area contributed by atoms with Crippen molar-refractivity contribution >= 4 is 0 Å². The maximum absolute atomic E-state index is 12.2. The molecule has 0 atom stereocenters. The summed E-state index contributed by atoms with van der Waals surface area (Å²) in [6.07, 6.45) is -9.23. The summed E-state index contributed by atoms with van der Waals surface area (Å²) >= 11 is 0. The lowest BCUT2D eigenvalue weighted by atomic mass is 10.2. The van der Waals surface area contributed by atoms with Crippen LogP contribution in [-0.2, 0) is 0 Å². The van der Waals surface area contributed by atoms with Gasteiger partial charge < -0.3 is 4.57 Å². The Labute approximate surface area is 80.5 Å². The molecule has 0 aliphatic heterocycles. The zero-order valence-electron chi connectivity index (χ0n) is 7.39. The molecule has 1 aromatic rings. The lowest BCUT2D eigenvalue weighted by Crippen LogP contribution is -2.38. The van der Waals surface area contributed by atoms with Crippen molar-refractivity contribution in [3.63, 3.8) is 0 Å². The highest BCUT2D eigenvalue weighted by Gasteiger charge is 2.58. The minimum absolute atomic E-state index is 0.0556. The van der Waals surface area contributed by atoms with E-state index in [0.717, 1.165) is 13.1 Å². The number of imidazole rings is 1. The zero-order chi connectivity index (χ0) is 11.9. The molecule has 8 heteroatoms. The fourth-order valence-electron chi connectivity index (χ4n) is 1.16. The predicted octanol–water partition coefficient (Wildman–Crippen LogP) is 2.86. The number of halogens is 6. The molecule has 0 aliphatic rings. The molecule has 1 aromatic heterocycles. The normalized spacial score (nSPS) is 13.6. The van der Waals surface area contributed by atoms with Crippen LogP contribution in [0.3, 0.4) is 0 Å². The summed E-state index contributed by atoms with van der Waals surface area (Å²) in [5, 5.41) is 0. The van der Waals surface area contributed by atoms with Crippen molar-refractivity contribution in [2.24, 2.45) is 0 Å². The van der Waals surface area contributed by atoms with Gasteiger partial charge in [-0.25, -0.2) is 4.98 Å². The van der Waals surface area contributed by atoms with Gasteiger partial charge in [0, 0.05) is 12.4 Å². The van der Waals surface area contributed by atoms with Crippen molar-refractivity contribution in [2.75, 3.05) is 0 Å². The molecular formula is C7H6F6N2. The van der Waals surface area contributed by atoms with Crippen LogP contribution in [0.5, 0.6) is 0 Å². The number of aryl methyl sites for hydroxylation is 1. The maximum Gasteiger partial charge on any atom is 0.418 e. The molecule has 0 aromatic carbocycles. The average molecular weight is 232 g/mol. The van der Waals surface area contributed by atoms with Gasteiger partial charge in [0.05, 0.1) is 0 Å². The minimum atomic E-state index is -5.39. The highest BCUT2D eigenvalue weighted by Crippen LogP contribution is 2.43. The Bertz CT molecular complexity index is 322. The molecule has 1 heterocycles. The number of hydrogen-bond donors (Lipinski definition) is 0. The van der Waals surface area contributed by atoms with Gasteiger partial charge >= 0.3 is 12.4 Å². The molecule has 0 amide bonds. The van der Waals surface area contributed by atoms with Crippen LogP contribution < -0.4 is 0 Å². The molecule has 15 heavy (non-hydrogen) atoms. The molecule has 0 bridgehead atoms. The second kappa shape index (κ2) is 3.42. The van der Waals surface area contributed by atoms with E-state index in [4.69, 9.17) is 0 Å². The van der Waals surface area contributed by atoms with E-state index in [1.165, 1.54) is 0 Å². The van der Waals surface area contributed by atoms with Crippen LogP contribution in [0.25, 0.3) is 0 Å². The molecule has 0 fully saturated rings. The van der Waals surface area contributed by atoms with Gasteiger partial charge in [-0.05, 0) is 6.92 Å². The van der Waals surface area contributed by atoms with E-state index in [0.29, 0.717) is 6.20 Å². The van der Waals surface area contributed by atoms with Crippen LogP contribution in [0.2, 0.25) is 0 Å². The Morgan fingerprint density at radius 1 is 1.13 bits per heavy atom. The largest absolute Gasteiger partial charge is 0.418 e. The molecule has 0 radical (unpaired) electrons. The Morgan fingerprint density at radius 3 is 1.87 bits per heavy atom. The predicted molar refractivity (Wildman–Crippen MR) is 38.1 cm³/mol. The highest BCUT2D eigenvalue weighted by atomic mass is 19.4. The third-order valence-electron chi connectivity index (χ3n) is 1.76. The highest BCUT2D eigenvalue weighted by molar-refractivity contribution is 4.96. The number of hydrogen-bond acceptors (Lipinski definition) is 1. The molecule has 0 unspecified atom stereocenters. The second-order valence-electron chi connectivity index (χ2n) is 2.87. The molecule has 0 saturated carbocycles. The van der Waals surface area contributed by atoms with Gasteiger partial charge in [-0.1, -0.05) is 0 Å². The quantitative estimate of drug-likeness (QED) is 0.681. The monoisotopic (exact) mass is 232 g/mol. The lowest BCUT2D eigenvalue weighted by molar-refractivity contribution is -0.274. The molecule has 1 rings (SSSR count). The van der Waals surface area contributed by atoms with Crippen molar-refractivity contribution in [2.45, 2.75) is 25.3 Å². The van der Waals surface area contributed by atoms with Crippen molar-refractivity contribution in [1.29, 1.82) is 0 Å². The first-order chi connectivity index (χ1) is 6.64. The number of nitrogens with zero attached hydrogens (tertiary/aromatic N) is 2. The van der Waals surface area contributed by atoms with Crippen molar-refractivity contribution in [3.05, 3.63) is 18.2 Å². The molecule has 86 valence electrons. The Hall–Kier alpha value is -1.21. The van der Waals surface area contributed by atoms with E-state index >= 15 is 0 Å². The van der Waals surface area contributed by atoms with E-state index in [9.17, 15) is 26.3 Å². The van der Waals surface area contributed by atoms with Gasteiger partial charge in [-0.15, -0.1) is 0 Å². The first kappa shape index (κ1) is 11.9. The van der Waals surface area contributed by atoms with Crippen LogP contribution in [-0.4, -0.2) is 21.9 Å². The molecule has 0 saturated heterocycles. The third kappa shape index (κ3) is 2.42.